The number of anilines is 1. The average Bonchev–Trinajstić information content (AvgIpc) is 3.17. The molecule has 0 atom stereocenters. The van der Waals surface area contributed by atoms with E-state index in [1.807, 2.05) is 18.2 Å². The van der Waals surface area contributed by atoms with Gasteiger partial charge >= 0.3 is 0 Å². The third-order valence-corrected chi connectivity index (χ3v) is 6.02. The number of fused-ring (bicyclic) bond motifs is 1. The summed E-state index contributed by atoms with van der Waals surface area (Å²) in [4.78, 5) is 31.1. The first-order valence-electron chi connectivity index (χ1n) is 9.23. The number of rotatable bonds is 5. The van der Waals surface area contributed by atoms with Gasteiger partial charge in [0, 0.05) is 43.3 Å². The van der Waals surface area contributed by atoms with Gasteiger partial charge in [0.2, 0.25) is 0 Å². The number of Topliss-reactive ketones (excluding diaryl/α,β-unsaturated/α-hetero) is 1. The molecule has 0 bridgehead atoms. The number of nitrogens with zero attached hydrogens (tertiary/aromatic N) is 2. The maximum absolute atomic E-state index is 12.5. The smallest absolute Gasteiger partial charge is 0.255 e. The Kier molecular flexibility index (Phi) is 5.32. The first-order chi connectivity index (χ1) is 13.6. The van der Waals surface area contributed by atoms with Gasteiger partial charge in [-0.15, -0.1) is 11.3 Å². The summed E-state index contributed by atoms with van der Waals surface area (Å²) in [5, 5.41) is 5.11. The Morgan fingerprint density at radius 1 is 1.21 bits per heavy atom. The van der Waals surface area contributed by atoms with Gasteiger partial charge in [0.1, 0.15) is 0 Å². The van der Waals surface area contributed by atoms with E-state index in [-0.39, 0.29) is 11.7 Å². The second-order valence-corrected chi connectivity index (χ2v) is 7.88. The van der Waals surface area contributed by atoms with Crippen LogP contribution in [0.4, 0.5) is 5.69 Å². The lowest BCUT2D eigenvalue weighted by Crippen LogP contribution is -2.30. The zero-order chi connectivity index (χ0) is 19.5. The van der Waals surface area contributed by atoms with Crippen molar-refractivity contribution >= 4 is 28.7 Å². The molecule has 1 aromatic carbocycles. The quantitative estimate of drug-likeness (QED) is 0.664. The maximum atomic E-state index is 12.5. The summed E-state index contributed by atoms with van der Waals surface area (Å²) in [6.45, 7) is 4.19. The van der Waals surface area contributed by atoms with Crippen LogP contribution in [0.5, 0.6) is 0 Å². The Morgan fingerprint density at radius 2 is 2.04 bits per heavy atom. The standard InChI is InChI=1S/C22H21N3O2S/c1-15(26)21-11-16(14-28-21)12-25-10-7-19-18(13-25)3-2-4-20(19)24-22(27)17-5-8-23-9-6-17/h2-6,8-9,11,14H,7,10,12-13H2,1H3,(H,24,27). The molecule has 0 saturated carbocycles. The van der Waals surface area contributed by atoms with E-state index in [9.17, 15) is 9.59 Å². The summed E-state index contributed by atoms with van der Waals surface area (Å²) in [6, 6.07) is 11.5. The molecule has 1 aliphatic rings. The number of pyridine rings is 1. The number of ketones is 1. The fourth-order valence-corrected chi connectivity index (χ4v) is 4.33. The van der Waals surface area contributed by atoms with E-state index in [1.165, 1.54) is 28.0 Å². The van der Waals surface area contributed by atoms with Gasteiger partial charge in [0.25, 0.3) is 5.91 Å². The molecule has 4 rings (SSSR count). The first kappa shape index (κ1) is 18.5. The summed E-state index contributed by atoms with van der Waals surface area (Å²) < 4.78 is 0. The third kappa shape index (κ3) is 4.03. The second-order valence-electron chi connectivity index (χ2n) is 6.97. The van der Waals surface area contributed by atoms with Gasteiger partial charge < -0.3 is 5.32 Å². The van der Waals surface area contributed by atoms with E-state index in [1.54, 1.807) is 31.5 Å². The molecule has 3 heterocycles. The Balaban J connectivity index is 1.47. The molecule has 0 aliphatic carbocycles. The molecule has 5 nitrogen and oxygen atoms in total. The monoisotopic (exact) mass is 391 g/mol. The Labute approximate surface area is 168 Å². The van der Waals surface area contributed by atoms with Gasteiger partial charge in [0.05, 0.1) is 4.88 Å². The lowest BCUT2D eigenvalue weighted by Gasteiger charge is -2.30. The van der Waals surface area contributed by atoms with Crippen LogP contribution in [0, 0.1) is 0 Å². The SMILES string of the molecule is CC(=O)c1cc(CN2CCc3c(cccc3NC(=O)c3ccncc3)C2)cs1. The molecule has 0 saturated heterocycles. The van der Waals surface area contributed by atoms with E-state index in [2.05, 4.69) is 26.6 Å². The van der Waals surface area contributed by atoms with Gasteiger partial charge in [0.15, 0.2) is 5.78 Å². The Bertz CT molecular complexity index is 1010. The number of hydrogen-bond acceptors (Lipinski definition) is 5. The lowest BCUT2D eigenvalue weighted by molar-refractivity contribution is 0.101. The number of carbonyl (C=O) groups is 2. The van der Waals surface area contributed by atoms with Gasteiger partial charge in [-0.3, -0.25) is 19.5 Å². The zero-order valence-corrected chi connectivity index (χ0v) is 16.5. The molecule has 1 N–H and O–H groups in total. The van der Waals surface area contributed by atoms with Crippen LogP contribution < -0.4 is 5.32 Å². The predicted molar refractivity (Wildman–Crippen MR) is 111 cm³/mol. The van der Waals surface area contributed by atoms with Crippen molar-refractivity contribution in [3.63, 3.8) is 0 Å². The molecule has 0 radical (unpaired) electrons. The molecule has 6 heteroatoms. The molecule has 3 aromatic rings. The molecule has 0 spiro atoms. The minimum atomic E-state index is -0.117. The number of hydrogen-bond donors (Lipinski definition) is 1. The van der Waals surface area contributed by atoms with Crippen molar-refractivity contribution < 1.29 is 9.59 Å². The Hall–Kier alpha value is -2.83. The lowest BCUT2D eigenvalue weighted by atomic mass is 9.97. The highest BCUT2D eigenvalue weighted by atomic mass is 32.1. The predicted octanol–water partition coefficient (Wildman–Crippen LogP) is 4.16. The topological polar surface area (TPSA) is 62.3 Å². The van der Waals surface area contributed by atoms with Crippen molar-refractivity contribution in [3.8, 4) is 0 Å². The minimum absolute atomic E-state index is 0.117. The normalized spacial score (nSPS) is 13.8. The van der Waals surface area contributed by atoms with Crippen molar-refractivity contribution in [3.05, 3.63) is 81.3 Å². The second kappa shape index (κ2) is 8.04. The molecule has 142 valence electrons. The van der Waals surface area contributed by atoms with Gasteiger partial charge in [-0.1, -0.05) is 12.1 Å². The number of benzene rings is 1. The molecular weight excluding hydrogens is 370 g/mol. The largest absolute Gasteiger partial charge is 0.322 e. The van der Waals surface area contributed by atoms with Crippen molar-refractivity contribution in [2.24, 2.45) is 0 Å². The van der Waals surface area contributed by atoms with Crippen LogP contribution in [-0.2, 0) is 19.5 Å². The van der Waals surface area contributed by atoms with Gasteiger partial charge in [-0.2, -0.15) is 0 Å². The maximum Gasteiger partial charge on any atom is 0.255 e. The van der Waals surface area contributed by atoms with E-state index in [0.717, 1.165) is 36.6 Å². The van der Waals surface area contributed by atoms with Crippen LogP contribution in [0.3, 0.4) is 0 Å². The fraction of sp³-hybridized carbons (Fsp3) is 0.227. The number of nitrogens with one attached hydrogen (secondary N) is 1. The Morgan fingerprint density at radius 3 is 2.79 bits per heavy atom. The fourth-order valence-electron chi connectivity index (χ4n) is 3.52. The molecule has 1 aliphatic heterocycles. The average molecular weight is 391 g/mol. The highest BCUT2D eigenvalue weighted by Gasteiger charge is 2.20. The molecule has 0 unspecified atom stereocenters. The van der Waals surface area contributed by atoms with Crippen LogP contribution >= 0.6 is 11.3 Å². The van der Waals surface area contributed by atoms with E-state index in [0.29, 0.717) is 5.56 Å². The van der Waals surface area contributed by atoms with Gasteiger partial charge in [-0.05, 0) is 59.7 Å². The summed E-state index contributed by atoms with van der Waals surface area (Å²) >= 11 is 1.51. The van der Waals surface area contributed by atoms with Crippen LogP contribution in [0.2, 0.25) is 0 Å². The van der Waals surface area contributed by atoms with E-state index >= 15 is 0 Å². The molecule has 0 fully saturated rings. The molecular formula is C22H21N3O2S. The van der Waals surface area contributed by atoms with E-state index in [4.69, 9.17) is 0 Å². The van der Waals surface area contributed by atoms with Crippen molar-refractivity contribution in [2.45, 2.75) is 26.4 Å². The number of amides is 1. The summed E-state index contributed by atoms with van der Waals surface area (Å²) in [5.41, 5.74) is 5.11. The number of carbonyl (C=O) groups excluding carboxylic acids is 2. The van der Waals surface area contributed by atoms with Crippen LogP contribution in [0.1, 0.15) is 43.6 Å². The summed E-state index contributed by atoms with van der Waals surface area (Å²) in [5.74, 6) is 0.00286. The van der Waals surface area contributed by atoms with Crippen LogP contribution in [0.15, 0.2) is 54.2 Å². The zero-order valence-electron chi connectivity index (χ0n) is 15.6. The van der Waals surface area contributed by atoms with E-state index < -0.39 is 0 Å². The highest BCUT2D eigenvalue weighted by Crippen LogP contribution is 2.28. The van der Waals surface area contributed by atoms with Crippen LogP contribution in [-0.4, -0.2) is 28.1 Å². The number of thiophene rings is 1. The molecule has 28 heavy (non-hydrogen) atoms. The van der Waals surface area contributed by atoms with Crippen molar-refractivity contribution in [1.82, 2.24) is 9.88 Å². The number of aromatic nitrogens is 1. The summed E-state index contributed by atoms with van der Waals surface area (Å²) in [7, 11) is 0. The van der Waals surface area contributed by atoms with Crippen LogP contribution in [0.25, 0.3) is 0 Å². The third-order valence-electron chi connectivity index (χ3n) is 4.94. The first-order valence-corrected chi connectivity index (χ1v) is 10.1. The minimum Gasteiger partial charge on any atom is -0.322 e. The molecule has 2 aromatic heterocycles. The van der Waals surface area contributed by atoms with Crippen molar-refractivity contribution in [2.75, 3.05) is 11.9 Å². The van der Waals surface area contributed by atoms with Gasteiger partial charge in [-0.25, -0.2) is 0 Å². The highest BCUT2D eigenvalue weighted by molar-refractivity contribution is 7.12. The summed E-state index contributed by atoms with van der Waals surface area (Å²) in [6.07, 6.45) is 4.12. The molecule has 1 amide bonds. The van der Waals surface area contributed by atoms with Crippen molar-refractivity contribution in [1.29, 1.82) is 0 Å².